The molecule has 0 saturated carbocycles. The van der Waals surface area contributed by atoms with Crippen molar-refractivity contribution >= 4 is 5.91 Å². The summed E-state index contributed by atoms with van der Waals surface area (Å²) in [6, 6.07) is 9.80. The van der Waals surface area contributed by atoms with Gasteiger partial charge in [0.25, 0.3) is 0 Å². The fourth-order valence-corrected chi connectivity index (χ4v) is 3.42. The normalized spacial score (nSPS) is 17.0. The Morgan fingerprint density at radius 1 is 1.32 bits per heavy atom. The summed E-state index contributed by atoms with van der Waals surface area (Å²) >= 11 is 0. The van der Waals surface area contributed by atoms with Gasteiger partial charge in [0, 0.05) is 25.9 Å². The van der Waals surface area contributed by atoms with Gasteiger partial charge in [0.05, 0.1) is 0 Å². The number of likely N-dealkylation sites (N-methyl/N-ethyl adjacent to an activating group) is 1. The molecule has 2 heterocycles. The highest BCUT2D eigenvalue weighted by atomic mass is 16.5. The Morgan fingerprint density at radius 3 is 2.56 bits per heavy atom. The van der Waals surface area contributed by atoms with Crippen LogP contribution < -0.4 is 0 Å². The Hall–Kier alpha value is -2.21. The molecule has 1 atom stereocenters. The summed E-state index contributed by atoms with van der Waals surface area (Å²) in [7, 11) is 2.00. The second kappa shape index (κ2) is 7.78. The summed E-state index contributed by atoms with van der Waals surface area (Å²) in [4.78, 5) is 21.6. The molecule has 1 saturated heterocycles. The third-order valence-electron chi connectivity index (χ3n) is 5.00. The van der Waals surface area contributed by atoms with E-state index in [2.05, 4.69) is 22.0 Å². The first-order valence-electron chi connectivity index (χ1n) is 8.94. The van der Waals surface area contributed by atoms with Crippen LogP contribution in [0, 0.1) is 6.92 Å². The lowest BCUT2D eigenvalue weighted by Crippen LogP contribution is -2.45. The zero-order valence-corrected chi connectivity index (χ0v) is 15.2. The molecule has 0 N–H and O–H groups in total. The second-order valence-corrected chi connectivity index (χ2v) is 6.66. The maximum absolute atomic E-state index is 13.2. The van der Waals surface area contributed by atoms with Crippen molar-refractivity contribution in [1.29, 1.82) is 0 Å². The molecule has 1 aliphatic rings. The number of carbonyl (C=O) groups is 1. The minimum Gasteiger partial charge on any atom is -0.341 e. The number of hydrogen-bond donors (Lipinski definition) is 0. The highest BCUT2D eigenvalue weighted by molar-refractivity contribution is 5.83. The molecule has 3 rings (SSSR count). The first-order chi connectivity index (χ1) is 12.1. The van der Waals surface area contributed by atoms with Crippen molar-refractivity contribution in [1.82, 2.24) is 19.9 Å². The Bertz CT molecular complexity index is 692. The molecule has 1 unspecified atom stereocenters. The van der Waals surface area contributed by atoms with Crippen molar-refractivity contribution in [2.45, 2.75) is 38.6 Å². The molecule has 134 valence electrons. The molecule has 0 spiro atoms. The van der Waals surface area contributed by atoms with Gasteiger partial charge in [-0.3, -0.25) is 9.69 Å². The number of carbonyl (C=O) groups excluding carboxylic acids is 1. The average Bonchev–Trinajstić information content (AvgIpc) is 3.09. The van der Waals surface area contributed by atoms with Crippen molar-refractivity contribution in [2.75, 3.05) is 26.7 Å². The molecule has 2 aromatic rings. The van der Waals surface area contributed by atoms with Crippen LogP contribution in [-0.4, -0.2) is 52.5 Å². The van der Waals surface area contributed by atoms with Crippen LogP contribution in [0.2, 0.25) is 0 Å². The van der Waals surface area contributed by atoms with Crippen LogP contribution in [0.5, 0.6) is 0 Å². The smallest absolute Gasteiger partial charge is 0.244 e. The van der Waals surface area contributed by atoms with E-state index in [0.29, 0.717) is 5.89 Å². The average molecular weight is 342 g/mol. The lowest BCUT2D eigenvalue weighted by atomic mass is 9.95. The van der Waals surface area contributed by atoms with Gasteiger partial charge in [-0.25, -0.2) is 0 Å². The van der Waals surface area contributed by atoms with Gasteiger partial charge in [0.2, 0.25) is 11.8 Å². The fourth-order valence-electron chi connectivity index (χ4n) is 3.42. The summed E-state index contributed by atoms with van der Waals surface area (Å²) in [5, 5.41) is 4.04. The lowest BCUT2D eigenvalue weighted by molar-refractivity contribution is -0.137. The van der Waals surface area contributed by atoms with Crippen LogP contribution in [0.1, 0.15) is 49.0 Å². The summed E-state index contributed by atoms with van der Waals surface area (Å²) in [5.74, 6) is 1.83. The number of benzene rings is 1. The summed E-state index contributed by atoms with van der Waals surface area (Å²) in [6.07, 6.45) is 1.75. The van der Waals surface area contributed by atoms with E-state index in [4.69, 9.17) is 4.52 Å². The predicted molar refractivity (Wildman–Crippen MR) is 95.1 cm³/mol. The Labute approximate surface area is 148 Å². The number of nitrogens with zero attached hydrogens (tertiary/aromatic N) is 4. The van der Waals surface area contributed by atoms with Gasteiger partial charge in [-0.1, -0.05) is 42.4 Å². The highest BCUT2D eigenvalue weighted by Crippen LogP contribution is 2.29. The second-order valence-electron chi connectivity index (χ2n) is 6.66. The largest absolute Gasteiger partial charge is 0.341 e. The quantitative estimate of drug-likeness (QED) is 0.836. The number of aromatic nitrogens is 2. The van der Waals surface area contributed by atoms with Gasteiger partial charge in [0.1, 0.15) is 6.04 Å². The standard InChI is InChI=1S/C19H26N4O2/c1-4-22(3)17(15-8-6-5-7-9-15)19(24)23-12-10-16(11-13-23)18-20-14(2)25-21-18/h5-9,16-17H,4,10-13H2,1-3H3. The molecule has 1 aromatic carbocycles. The van der Waals surface area contributed by atoms with E-state index in [0.717, 1.165) is 43.9 Å². The van der Waals surface area contributed by atoms with Gasteiger partial charge in [-0.05, 0) is 32.0 Å². The third-order valence-corrected chi connectivity index (χ3v) is 5.00. The molecule has 0 bridgehead atoms. The van der Waals surface area contributed by atoms with Gasteiger partial charge in [-0.2, -0.15) is 4.98 Å². The van der Waals surface area contributed by atoms with Crippen LogP contribution in [0.15, 0.2) is 34.9 Å². The fraction of sp³-hybridized carbons (Fsp3) is 0.526. The molecule has 0 radical (unpaired) electrons. The Kier molecular flexibility index (Phi) is 5.48. The molecule has 1 amide bonds. The molecular weight excluding hydrogens is 316 g/mol. The van der Waals surface area contributed by atoms with Crippen LogP contribution in [0.3, 0.4) is 0 Å². The van der Waals surface area contributed by atoms with Crippen molar-refractivity contribution in [3.63, 3.8) is 0 Å². The Morgan fingerprint density at radius 2 is 2.00 bits per heavy atom. The van der Waals surface area contributed by atoms with Crippen molar-refractivity contribution in [3.8, 4) is 0 Å². The molecule has 25 heavy (non-hydrogen) atoms. The van der Waals surface area contributed by atoms with Crippen molar-refractivity contribution in [2.24, 2.45) is 0 Å². The molecule has 1 aliphatic heterocycles. The van der Waals surface area contributed by atoms with E-state index in [-0.39, 0.29) is 17.9 Å². The zero-order valence-electron chi connectivity index (χ0n) is 15.2. The summed E-state index contributed by atoms with van der Waals surface area (Å²) in [5.41, 5.74) is 1.05. The number of aryl methyl sites for hydroxylation is 1. The lowest BCUT2D eigenvalue weighted by Gasteiger charge is -2.36. The maximum atomic E-state index is 13.2. The molecule has 1 fully saturated rings. The van der Waals surface area contributed by atoms with Crippen molar-refractivity contribution in [3.05, 3.63) is 47.6 Å². The van der Waals surface area contributed by atoms with E-state index in [1.165, 1.54) is 0 Å². The minimum absolute atomic E-state index is 0.179. The number of rotatable bonds is 5. The monoisotopic (exact) mass is 342 g/mol. The zero-order chi connectivity index (χ0) is 17.8. The predicted octanol–water partition coefficient (Wildman–Crippen LogP) is 2.78. The van der Waals surface area contributed by atoms with Crippen LogP contribution in [0.25, 0.3) is 0 Å². The number of amides is 1. The third kappa shape index (κ3) is 3.90. The van der Waals surface area contributed by atoms with Gasteiger partial charge in [0.15, 0.2) is 5.82 Å². The molecular formula is C19H26N4O2. The van der Waals surface area contributed by atoms with Crippen molar-refractivity contribution < 1.29 is 9.32 Å². The van der Waals surface area contributed by atoms with E-state index in [1.807, 2.05) is 42.3 Å². The SMILES string of the molecule is CCN(C)C(C(=O)N1CCC(c2noc(C)n2)CC1)c1ccccc1. The molecule has 6 nitrogen and oxygen atoms in total. The Balaban J connectivity index is 1.69. The van der Waals surface area contributed by atoms with E-state index in [9.17, 15) is 4.79 Å². The van der Waals surface area contributed by atoms with Gasteiger partial charge in [-0.15, -0.1) is 0 Å². The van der Waals surface area contributed by atoms with Crippen LogP contribution >= 0.6 is 0 Å². The summed E-state index contributed by atoms with van der Waals surface area (Å²) < 4.78 is 5.09. The van der Waals surface area contributed by atoms with Crippen LogP contribution in [-0.2, 0) is 4.79 Å². The first kappa shape index (κ1) is 17.6. The number of hydrogen-bond acceptors (Lipinski definition) is 5. The van der Waals surface area contributed by atoms with Gasteiger partial charge < -0.3 is 9.42 Å². The highest BCUT2D eigenvalue weighted by Gasteiger charge is 2.32. The topological polar surface area (TPSA) is 62.5 Å². The number of likely N-dealkylation sites (tertiary alicyclic amines) is 1. The molecule has 6 heteroatoms. The van der Waals surface area contributed by atoms with E-state index in [1.54, 1.807) is 6.92 Å². The molecule has 0 aliphatic carbocycles. The maximum Gasteiger partial charge on any atom is 0.244 e. The van der Waals surface area contributed by atoms with E-state index >= 15 is 0 Å². The minimum atomic E-state index is -0.227. The van der Waals surface area contributed by atoms with Gasteiger partial charge >= 0.3 is 0 Å². The summed E-state index contributed by atoms with van der Waals surface area (Å²) in [6.45, 7) is 6.17. The molecule has 1 aromatic heterocycles. The van der Waals surface area contributed by atoms with E-state index < -0.39 is 0 Å². The first-order valence-corrected chi connectivity index (χ1v) is 8.94. The van der Waals surface area contributed by atoms with Crippen LogP contribution in [0.4, 0.5) is 0 Å². The number of piperidine rings is 1.